The summed E-state index contributed by atoms with van der Waals surface area (Å²) >= 11 is 6.65. The standard InChI is InChI=1S/C27H27ClF2N6O4/c1-34-23(17-7-8-20(40-2)22(30)21(17)29)24(36(28)26(34)25(32)38)16-6-5-15(19(37)4-3-9-31)14-18(16)27(39)35-12-10-33-11-13-35/h5-8,14,26,33H,3-4,10-13H2,1-2H3,(H2,32,38). The molecule has 0 aliphatic carbocycles. The minimum absolute atomic E-state index is 0.000184. The van der Waals surface area contributed by atoms with E-state index < -0.39 is 29.6 Å². The van der Waals surface area contributed by atoms with Crippen LogP contribution < -0.4 is 15.8 Å². The van der Waals surface area contributed by atoms with Gasteiger partial charge >= 0.3 is 0 Å². The maximum Gasteiger partial charge on any atom is 0.262 e. The van der Waals surface area contributed by atoms with Crippen LogP contribution in [-0.4, -0.2) is 78.3 Å². The van der Waals surface area contributed by atoms with Crippen LogP contribution in [0.2, 0.25) is 0 Å². The van der Waals surface area contributed by atoms with E-state index in [1.165, 1.54) is 49.4 Å². The molecule has 0 saturated carbocycles. The summed E-state index contributed by atoms with van der Waals surface area (Å²) < 4.78 is 36.1. The number of hydrogen-bond acceptors (Lipinski definition) is 8. The zero-order chi connectivity index (χ0) is 29.1. The highest BCUT2D eigenvalue weighted by Crippen LogP contribution is 2.44. The molecule has 2 aliphatic heterocycles. The molecule has 1 saturated heterocycles. The molecule has 2 amide bonds. The third kappa shape index (κ3) is 5.17. The van der Waals surface area contributed by atoms with Crippen LogP contribution in [0.3, 0.4) is 0 Å². The number of benzene rings is 2. The minimum atomic E-state index is -1.31. The fraction of sp³-hybridized carbons (Fsp3) is 0.333. The molecule has 2 aromatic carbocycles. The van der Waals surface area contributed by atoms with Crippen LogP contribution in [0.1, 0.15) is 44.7 Å². The zero-order valence-corrected chi connectivity index (χ0v) is 22.6. The fourth-order valence-corrected chi connectivity index (χ4v) is 5.25. The summed E-state index contributed by atoms with van der Waals surface area (Å²) in [6.07, 6.45) is -1.36. The van der Waals surface area contributed by atoms with E-state index in [9.17, 15) is 18.8 Å². The molecule has 4 rings (SSSR count). The van der Waals surface area contributed by atoms with Crippen molar-refractivity contribution in [2.24, 2.45) is 5.73 Å². The number of likely N-dealkylation sites (N-methyl/N-ethyl adjacent to an activating group) is 1. The second kappa shape index (κ2) is 11.9. The summed E-state index contributed by atoms with van der Waals surface area (Å²) in [6.45, 7) is 1.90. The largest absolute Gasteiger partial charge is 0.494 e. The Balaban J connectivity index is 1.98. The Morgan fingerprint density at radius 3 is 2.42 bits per heavy atom. The summed E-state index contributed by atoms with van der Waals surface area (Å²) in [5, 5.41) is 12.1. The number of carbonyl (C=O) groups is 3. The third-order valence-electron chi connectivity index (χ3n) is 6.84. The van der Waals surface area contributed by atoms with E-state index in [0.717, 1.165) is 4.42 Å². The Bertz CT molecular complexity index is 1440. The van der Waals surface area contributed by atoms with Crippen molar-refractivity contribution < 1.29 is 27.9 Å². The zero-order valence-electron chi connectivity index (χ0n) is 21.8. The van der Waals surface area contributed by atoms with Crippen molar-refractivity contribution in [3.63, 3.8) is 0 Å². The molecule has 1 unspecified atom stereocenters. The number of hydrogen-bond donors (Lipinski definition) is 2. The Morgan fingerprint density at radius 1 is 1.12 bits per heavy atom. The quantitative estimate of drug-likeness (QED) is 0.364. The minimum Gasteiger partial charge on any atom is -0.494 e. The Hall–Kier alpha value is -4.21. The van der Waals surface area contributed by atoms with Crippen molar-refractivity contribution in [1.82, 2.24) is 19.5 Å². The number of methoxy groups -OCH3 is 1. The number of Topliss-reactive ketones (excluding diaryl/α,β-unsaturated/α-hetero) is 1. The van der Waals surface area contributed by atoms with Gasteiger partial charge < -0.3 is 25.6 Å². The van der Waals surface area contributed by atoms with Gasteiger partial charge in [0.2, 0.25) is 5.82 Å². The molecule has 1 atom stereocenters. The number of nitriles is 1. The summed E-state index contributed by atoms with van der Waals surface area (Å²) in [4.78, 5) is 41.9. The maximum absolute atomic E-state index is 15.4. The number of rotatable bonds is 8. The fourth-order valence-electron chi connectivity index (χ4n) is 4.85. The van der Waals surface area contributed by atoms with Gasteiger partial charge in [-0.05, 0) is 18.2 Å². The number of ether oxygens (including phenoxy) is 1. The topological polar surface area (TPSA) is 132 Å². The summed E-state index contributed by atoms with van der Waals surface area (Å²) in [7, 11) is 2.63. The van der Waals surface area contributed by atoms with E-state index in [1.54, 1.807) is 4.90 Å². The van der Waals surface area contributed by atoms with Crippen LogP contribution in [0.5, 0.6) is 5.75 Å². The van der Waals surface area contributed by atoms with E-state index in [-0.39, 0.29) is 58.0 Å². The molecule has 2 aromatic rings. The highest BCUT2D eigenvalue weighted by atomic mass is 35.5. The number of piperazine rings is 1. The first-order valence-electron chi connectivity index (χ1n) is 12.4. The van der Waals surface area contributed by atoms with Crippen LogP contribution in [0.15, 0.2) is 30.3 Å². The van der Waals surface area contributed by atoms with Gasteiger partial charge in [-0.2, -0.15) is 9.65 Å². The third-order valence-corrected chi connectivity index (χ3v) is 7.20. The molecule has 2 aliphatic rings. The predicted molar refractivity (Wildman–Crippen MR) is 143 cm³/mol. The van der Waals surface area contributed by atoms with Gasteiger partial charge in [0.05, 0.1) is 24.6 Å². The van der Waals surface area contributed by atoms with Gasteiger partial charge in [0.25, 0.3) is 11.8 Å². The smallest absolute Gasteiger partial charge is 0.262 e. The summed E-state index contributed by atoms with van der Waals surface area (Å²) in [5.74, 6) is -4.48. The lowest BCUT2D eigenvalue weighted by Crippen LogP contribution is -2.46. The van der Waals surface area contributed by atoms with Gasteiger partial charge in [-0.15, -0.1) is 0 Å². The number of nitrogens with one attached hydrogen (secondary N) is 1. The number of amides is 2. The molecule has 3 N–H and O–H groups in total. The van der Waals surface area contributed by atoms with Crippen molar-refractivity contribution in [3.8, 4) is 11.8 Å². The van der Waals surface area contributed by atoms with Crippen molar-refractivity contribution >= 4 is 40.8 Å². The second-order valence-electron chi connectivity index (χ2n) is 9.22. The molecule has 1 fully saturated rings. The van der Waals surface area contributed by atoms with Crippen molar-refractivity contribution in [2.75, 3.05) is 40.3 Å². The molecule has 0 bridgehead atoms. The number of nitrogens with zero attached hydrogens (tertiary/aromatic N) is 4. The van der Waals surface area contributed by atoms with E-state index in [0.29, 0.717) is 26.2 Å². The summed E-state index contributed by atoms with van der Waals surface area (Å²) in [5.41, 5.74) is 5.83. The van der Waals surface area contributed by atoms with Gasteiger partial charge in [-0.25, -0.2) is 4.39 Å². The average Bonchev–Trinajstić information content (AvgIpc) is 3.22. The van der Waals surface area contributed by atoms with E-state index >= 15 is 4.39 Å². The molecular formula is C27H27ClF2N6O4. The number of nitrogens with two attached hydrogens (primary N) is 1. The molecule has 13 heteroatoms. The first kappa shape index (κ1) is 28.8. The molecule has 40 heavy (non-hydrogen) atoms. The SMILES string of the molecule is COc1ccc(C2=C(c3ccc(C(=O)CCC#N)cc3C(=O)N3CCNCC3)N(Cl)C(C(N)=O)N2C)c(F)c1F. The highest BCUT2D eigenvalue weighted by molar-refractivity contribution is 6.23. The predicted octanol–water partition coefficient (Wildman–Crippen LogP) is 2.54. The van der Waals surface area contributed by atoms with Gasteiger partial charge in [-0.1, -0.05) is 12.1 Å². The van der Waals surface area contributed by atoms with Gasteiger partial charge in [-0.3, -0.25) is 18.8 Å². The molecule has 0 spiro atoms. The van der Waals surface area contributed by atoms with Gasteiger partial charge in [0.15, 0.2) is 23.5 Å². The first-order chi connectivity index (χ1) is 19.1. The molecule has 0 radical (unpaired) electrons. The monoisotopic (exact) mass is 572 g/mol. The van der Waals surface area contributed by atoms with Crippen LogP contribution in [0.25, 0.3) is 11.4 Å². The summed E-state index contributed by atoms with van der Waals surface area (Å²) in [6, 6.07) is 8.75. The maximum atomic E-state index is 15.4. The van der Waals surface area contributed by atoms with Gasteiger partial charge in [0.1, 0.15) is 0 Å². The van der Waals surface area contributed by atoms with Crippen LogP contribution in [-0.2, 0) is 4.79 Å². The van der Waals surface area contributed by atoms with E-state index in [2.05, 4.69) is 5.32 Å². The number of carbonyl (C=O) groups excluding carboxylic acids is 3. The molecular weight excluding hydrogens is 546 g/mol. The average molecular weight is 573 g/mol. The van der Waals surface area contributed by atoms with E-state index in [1.807, 2.05) is 6.07 Å². The number of ketones is 1. The lowest BCUT2D eigenvalue weighted by molar-refractivity contribution is -0.123. The molecule has 210 valence electrons. The second-order valence-corrected chi connectivity index (χ2v) is 9.59. The van der Waals surface area contributed by atoms with E-state index in [4.69, 9.17) is 27.5 Å². The van der Waals surface area contributed by atoms with Crippen molar-refractivity contribution in [3.05, 3.63) is 64.2 Å². The van der Waals surface area contributed by atoms with Crippen LogP contribution in [0.4, 0.5) is 8.78 Å². The Labute approximate surface area is 234 Å². The van der Waals surface area contributed by atoms with Crippen molar-refractivity contribution in [2.45, 2.75) is 19.0 Å². The van der Waals surface area contributed by atoms with Crippen LogP contribution >= 0.6 is 11.8 Å². The normalized spacial score (nSPS) is 17.2. The Morgan fingerprint density at radius 2 is 1.80 bits per heavy atom. The first-order valence-corrected chi connectivity index (χ1v) is 12.7. The number of halogens is 3. The number of primary amides is 1. The lowest BCUT2D eigenvalue weighted by atomic mass is 9.95. The van der Waals surface area contributed by atoms with Gasteiger partial charge in [0, 0.05) is 80.1 Å². The molecule has 0 aromatic heterocycles. The molecule has 10 nitrogen and oxygen atoms in total. The lowest BCUT2D eigenvalue weighted by Gasteiger charge is -2.29. The highest BCUT2D eigenvalue weighted by Gasteiger charge is 2.43. The Kier molecular flexibility index (Phi) is 8.56. The van der Waals surface area contributed by atoms with Crippen molar-refractivity contribution in [1.29, 1.82) is 5.26 Å². The molecule has 2 heterocycles. The van der Waals surface area contributed by atoms with Crippen LogP contribution in [0, 0.1) is 23.0 Å².